The Labute approximate surface area is 151 Å². The zero-order valence-electron chi connectivity index (χ0n) is 12.9. The lowest BCUT2D eigenvalue weighted by Gasteiger charge is -2.33. The minimum absolute atomic E-state index is 0.0169. The van der Waals surface area contributed by atoms with Gasteiger partial charge in [0, 0.05) is 13.1 Å². The Bertz CT molecular complexity index is 871. The zero-order valence-corrected chi connectivity index (χ0v) is 14.5. The molecule has 128 valence electrons. The molecule has 0 radical (unpaired) electrons. The predicted octanol–water partition coefficient (Wildman–Crippen LogP) is 2.70. The molecule has 2 heterocycles. The number of nitrogens with two attached hydrogens (primary N) is 1. The van der Waals surface area contributed by atoms with Crippen LogP contribution in [-0.4, -0.2) is 29.2 Å². The Morgan fingerprint density at radius 3 is 2.72 bits per heavy atom. The molecule has 2 aromatic rings. The number of hydrogen-bond acceptors (Lipinski definition) is 6. The topological polar surface area (TPSA) is 99.2 Å². The molecule has 0 atom stereocenters. The number of carbonyl (C=O) groups is 2. The third-order valence-electron chi connectivity index (χ3n) is 3.57. The monoisotopic (exact) mass is 376 g/mol. The van der Waals surface area contributed by atoms with Crippen LogP contribution in [0.15, 0.2) is 34.5 Å². The Morgan fingerprint density at radius 1 is 1.36 bits per heavy atom. The first kappa shape index (κ1) is 17.4. The molecule has 6 nitrogen and oxygen atoms in total. The summed E-state index contributed by atoms with van der Waals surface area (Å²) in [6.45, 7) is 1.28. The van der Waals surface area contributed by atoms with Crippen LogP contribution in [0.25, 0.3) is 0 Å². The van der Waals surface area contributed by atoms with E-state index in [2.05, 4.69) is 11.4 Å². The highest BCUT2D eigenvalue weighted by Gasteiger charge is 2.28. The molecule has 1 aliphatic rings. The largest absolute Gasteiger partial charge is 0.366 e. The predicted molar refractivity (Wildman–Crippen MR) is 93.7 cm³/mol. The second-order valence-electron chi connectivity index (χ2n) is 5.37. The van der Waals surface area contributed by atoms with Crippen LogP contribution < -0.4 is 11.1 Å². The molecule has 0 bridgehead atoms. The summed E-state index contributed by atoms with van der Waals surface area (Å²) in [7, 11) is 0. The van der Waals surface area contributed by atoms with Crippen molar-refractivity contribution in [2.45, 2.75) is 4.21 Å². The lowest BCUT2D eigenvalue weighted by atomic mass is 10.1. The second kappa shape index (κ2) is 7.23. The van der Waals surface area contributed by atoms with Gasteiger partial charge in [0.25, 0.3) is 11.8 Å². The maximum atomic E-state index is 13.7. The molecular formula is C16H13FN4O2S2. The normalized spacial score (nSPS) is 14.6. The number of rotatable bonds is 5. The van der Waals surface area contributed by atoms with E-state index < -0.39 is 17.6 Å². The number of carbonyl (C=O) groups excluding carboxylic acids is 2. The fourth-order valence-corrected chi connectivity index (χ4v) is 4.67. The van der Waals surface area contributed by atoms with Crippen LogP contribution in [0.2, 0.25) is 0 Å². The summed E-state index contributed by atoms with van der Waals surface area (Å²) >= 11 is 2.58. The highest BCUT2D eigenvalue weighted by Crippen LogP contribution is 2.39. The molecular weight excluding hydrogens is 363 g/mol. The standard InChI is InChI=1S/C16H13FN4O2S2/c17-12-4-2-1-3-10(12)15(23)20-16-11(14(19)22)5-13(24-16)25-21-7-9(6-18)8-21/h1-5,9H,7-8H2,(H2,19,22)(H,20,23). The molecule has 1 fully saturated rings. The maximum Gasteiger partial charge on any atom is 0.259 e. The second-order valence-corrected chi connectivity index (χ2v) is 7.82. The van der Waals surface area contributed by atoms with Crippen LogP contribution in [0.3, 0.4) is 0 Å². The summed E-state index contributed by atoms with van der Waals surface area (Å²) in [6, 6.07) is 9.37. The molecule has 2 amide bonds. The number of nitrogens with one attached hydrogen (secondary N) is 1. The summed E-state index contributed by atoms with van der Waals surface area (Å²) in [4.78, 5) is 23.9. The van der Waals surface area contributed by atoms with Gasteiger partial charge in [0.05, 0.1) is 27.3 Å². The molecule has 0 spiro atoms. The third kappa shape index (κ3) is 3.82. The van der Waals surface area contributed by atoms with Crippen LogP contribution in [0, 0.1) is 23.1 Å². The summed E-state index contributed by atoms with van der Waals surface area (Å²) in [5.41, 5.74) is 5.43. The van der Waals surface area contributed by atoms with Crippen LogP contribution >= 0.6 is 23.3 Å². The summed E-state index contributed by atoms with van der Waals surface area (Å²) in [5, 5.41) is 11.6. The lowest BCUT2D eigenvalue weighted by molar-refractivity contribution is 0.100. The van der Waals surface area contributed by atoms with Gasteiger partial charge in [-0.1, -0.05) is 12.1 Å². The minimum atomic E-state index is -0.676. The fourth-order valence-electron chi connectivity index (χ4n) is 2.23. The van der Waals surface area contributed by atoms with Crippen molar-refractivity contribution >= 4 is 40.1 Å². The van der Waals surface area contributed by atoms with E-state index in [0.29, 0.717) is 13.1 Å². The Balaban J connectivity index is 1.76. The van der Waals surface area contributed by atoms with Crippen molar-refractivity contribution in [1.29, 1.82) is 5.26 Å². The van der Waals surface area contributed by atoms with Gasteiger partial charge in [-0.25, -0.2) is 8.70 Å². The molecule has 1 aromatic heterocycles. The Kier molecular flexibility index (Phi) is 5.03. The summed E-state index contributed by atoms with van der Waals surface area (Å²) in [6.07, 6.45) is 0. The average molecular weight is 376 g/mol. The SMILES string of the molecule is N#CC1CN(Sc2cc(C(N)=O)c(NC(=O)c3ccccc3F)s2)C1. The average Bonchev–Trinajstić information content (AvgIpc) is 2.93. The van der Waals surface area contributed by atoms with Crippen molar-refractivity contribution in [2.75, 3.05) is 18.4 Å². The van der Waals surface area contributed by atoms with Gasteiger partial charge >= 0.3 is 0 Å². The number of nitriles is 1. The van der Waals surface area contributed by atoms with Crippen LogP contribution in [0.4, 0.5) is 9.39 Å². The van der Waals surface area contributed by atoms with Crippen LogP contribution in [0.1, 0.15) is 20.7 Å². The maximum absolute atomic E-state index is 13.7. The fraction of sp³-hybridized carbons (Fsp3) is 0.188. The number of anilines is 1. The first-order valence-electron chi connectivity index (χ1n) is 7.30. The van der Waals surface area contributed by atoms with E-state index >= 15 is 0 Å². The van der Waals surface area contributed by atoms with Crippen molar-refractivity contribution in [3.8, 4) is 6.07 Å². The number of nitrogens with zero attached hydrogens (tertiary/aromatic N) is 2. The molecule has 25 heavy (non-hydrogen) atoms. The van der Waals surface area contributed by atoms with Crippen molar-refractivity contribution in [1.82, 2.24) is 4.31 Å². The van der Waals surface area contributed by atoms with Crippen LogP contribution in [-0.2, 0) is 0 Å². The highest BCUT2D eigenvalue weighted by atomic mass is 32.2. The van der Waals surface area contributed by atoms with E-state index in [-0.39, 0.29) is 22.0 Å². The molecule has 3 N–H and O–H groups in total. The molecule has 9 heteroatoms. The van der Waals surface area contributed by atoms with Gasteiger partial charge < -0.3 is 11.1 Å². The molecule has 1 saturated heterocycles. The van der Waals surface area contributed by atoms with E-state index in [1.54, 1.807) is 12.1 Å². The van der Waals surface area contributed by atoms with Gasteiger partial charge in [0.15, 0.2) is 0 Å². The number of benzene rings is 1. The van der Waals surface area contributed by atoms with Gasteiger partial charge in [0.1, 0.15) is 10.8 Å². The number of amides is 2. The highest BCUT2D eigenvalue weighted by molar-refractivity contribution is 7.99. The van der Waals surface area contributed by atoms with Gasteiger partial charge in [-0.3, -0.25) is 9.59 Å². The van der Waals surface area contributed by atoms with Crippen LogP contribution in [0.5, 0.6) is 0 Å². The van der Waals surface area contributed by atoms with E-state index in [9.17, 15) is 14.0 Å². The first-order valence-corrected chi connectivity index (χ1v) is 8.89. The van der Waals surface area contributed by atoms with Gasteiger partial charge in [0.2, 0.25) is 0 Å². The molecule has 0 unspecified atom stereocenters. The van der Waals surface area contributed by atoms with Crippen molar-refractivity contribution in [3.63, 3.8) is 0 Å². The lowest BCUT2D eigenvalue weighted by Crippen LogP contribution is -2.40. The van der Waals surface area contributed by atoms with Crippen molar-refractivity contribution in [2.24, 2.45) is 11.7 Å². The van der Waals surface area contributed by atoms with Crippen molar-refractivity contribution in [3.05, 3.63) is 47.3 Å². The molecule has 1 aliphatic heterocycles. The smallest absolute Gasteiger partial charge is 0.259 e. The quantitative estimate of drug-likeness (QED) is 0.782. The van der Waals surface area contributed by atoms with Gasteiger partial charge in [-0.05, 0) is 30.1 Å². The van der Waals surface area contributed by atoms with E-state index in [4.69, 9.17) is 11.0 Å². The molecule has 1 aromatic carbocycles. The number of thiophene rings is 1. The first-order chi connectivity index (χ1) is 12.0. The van der Waals surface area contributed by atoms with Gasteiger partial charge in [-0.15, -0.1) is 11.3 Å². The molecule has 0 aliphatic carbocycles. The van der Waals surface area contributed by atoms with Gasteiger partial charge in [-0.2, -0.15) is 5.26 Å². The van der Waals surface area contributed by atoms with E-state index in [1.807, 2.05) is 4.31 Å². The Hall–Kier alpha value is -2.41. The number of hydrogen-bond donors (Lipinski definition) is 2. The Morgan fingerprint density at radius 2 is 2.08 bits per heavy atom. The summed E-state index contributed by atoms with van der Waals surface area (Å²) in [5.74, 6) is -1.95. The number of primary amides is 1. The number of halogens is 1. The summed E-state index contributed by atoms with van der Waals surface area (Å²) < 4.78 is 16.5. The molecule has 0 saturated carbocycles. The zero-order chi connectivity index (χ0) is 18.0. The van der Waals surface area contributed by atoms with E-state index in [0.717, 1.165) is 4.21 Å². The third-order valence-corrected chi connectivity index (χ3v) is 5.74. The molecule has 3 rings (SSSR count). The minimum Gasteiger partial charge on any atom is -0.366 e. The van der Waals surface area contributed by atoms with E-state index in [1.165, 1.54) is 41.5 Å². The van der Waals surface area contributed by atoms with Crippen molar-refractivity contribution < 1.29 is 14.0 Å².